The second kappa shape index (κ2) is 42.2. The van der Waals surface area contributed by atoms with E-state index in [2.05, 4.69) is 55.4 Å². The van der Waals surface area contributed by atoms with Crippen LogP contribution >= 0.6 is 0 Å². The topological polar surface area (TPSA) is 216 Å². The average Bonchev–Trinajstić information content (AvgIpc) is 1.62. The molecule has 19 heteroatoms. The van der Waals surface area contributed by atoms with Crippen molar-refractivity contribution in [3.63, 3.8) is 0 Å². The third-order valence-electron chi connectivity index (χ3n) is 18.1. The smallest absolute Gasteiger partial charge is 0.889 e. The van der Waals surface area contributed by atoms with Gasteiger partial charge in [0.15, 0.2) is 0 Å². The number of hydrogen-bond donors (Lipinski definition) is 2. The Kier molecular flexibility index (Phi) is 39.7. The van der Waals surface area contributed by atoms with Crippen molar-refractivity contribution in [3.8, 4) is 22.3 Å². The summed E-state index contributed by atoms with van der Waals surface area (Å²) in [4.78, 5) is 0. The number of aliphatic hydroxyl groups is 2. The van der Waals surface area contributed by atoms with E-state index < -0.39 is 28.5 Å². The van der Waals surface area contributed by atoms with Crippen molar-refractivity contribution in [2.75, 3.05) is 52.9 Å². The van der Waals surface area contributed by atoms with Gasteiger partial charge >= 0.3 is 69.2 Å². The number of ether oxygens (including phenoxy) is 2. The normalized spacial score (nSPS) is 16.7. The zero-order chi connectivity index (χ0) is 59.7. The number of hydrogen-bond acceptors (Lipinski definition) is 12. The van der Waals surface area contributed by atoms with E-state index >= 15 is 0 Å². The summed E-state index contributed by atoms with van der Waals surface area (Å²) in [5.74, 6) is 1.96. The third-order valence-corrected chi connectivity index (χ3v) is 18.1. The van der Waals surface area contributed by atoms with E-state index in [0.29, 0.717) is 34.6 Å². The van der Waals surface area contributed by atoms with Crippen molar-refractivity contribution in [3.05, 3.63) is 95.1 Å². The Hall–Kier alpha value is -1.04. The van der Waals surface area contributed by atoms with Crippen molar-refractivity contribution >= 4 is 119 Å². The summed E-state index contributed by atoms with van der Waals surface area (Å²) in [5.41, 5.74) is 9.78. The fourth-order valence-corrected chi connectivity index (χ4v) is 13.4. The number of benzene rings is 4. The van der Waals surface area contributed by atoms with Crippen LogP contribution in [0.2, 0.25) is 0 Å². The van der Waals surface area contributed by atoms with Gasteiger partial charge in [0.05, 0.1) is 52.9 Å². The molecular weight excluding hydrogens is 1100 g/mol. The SMILES string of the molecule is CCCCC(CC)CC1(CC(CC)CCCC)c2cc(B([O-])[O-])ccc2-c2ccc(B([O-])OCCOCCO)cc21.CCCCC(CC)CC1(CC(CC)CCCC)c2cc(B([O-])[O-])ccc2-c2ccc(B([O-])OCCOCCO)cc21.[Mg+2].[Mg+2].[Mg+2]. The van der Waals surface area contributed by atoms with Crippen LogP contribution in [0.1, 0.15) is 206 Å². The van der Waals surface area contributed by atoms with E-state index in [0.717, 1.165) is 147 Å². The van der Waals surface area contributed by atoms with Crippen molar-refractivity contribution in [1.82, 2.24) is 0 Å². The summed E-state index contributed by atoms with van der Waals surface area (Å²) in [6.07, 6.45) is 21.7. The first kappa shape index (κ1) is 80.1. The minimum Gasteiger partial charge on any atom is -0.889 e. The number of rotatable bonds is 40. The molecule has 85 heavy (non-hydrogen) atoms. The van der Waals surface area contributed by atoms with Crippen LogP contribution in [0.5, 0.6) is 0 Å². The van der Waals surface area contributed by atoms with Gasteiger partial charge in [-0.2, -0.15) is 0 Å². The predicted octanol–water partition coefficient (Wildman–Crippen LogP) is 4.18. The van der Waals surface area contributed by atoms with Gasteiger partial charge in [-0.25, -0.2) is 0 Å². The molecule has 4 unspecified atom stereocenters. The summed E-state index contributed by atoms with van der Waals surface area (Å²) in [7, 11) is -6.78. The van der Waals surface area contributed by atoms with Crippen LogP contribution in [-0.2, 0) is 29.6 Å². The molecule has 2 aliphatic rings. The first-order valence-electron chi connectivity index (χ1n) is 31.8. The number of aliphatic hydroxyl groups excluding tert-OH is 2. The average molecular weight is 1200 g/mol. The molecular formula is C66H98B4Mg3O12. The Bertz CT molecular complexity index is 2270. The minimum absolute atomic E-state index is 0. The molecule has 0 aliphatic heterocycles. The quantitative estimate of drug-likeness (QED) is 0.0474. The molecule has 0 radical (unpaired) electrons. The maximum Gasteiger partial charge on any atom is 2.00 e. The fourth-order valence-electron chi connectivity index (χ4n) is 13.4. The van der Waals surface area contributed by atoms with Gasteiger partial charge in [-0.1, -0.05) is 256 Å². The molecule has 2 aliphatic carbocycles. The second-order valence-electron chi connectivity index (χ2n) is 23.6. The fraction of sp³-hybridized carbons (Fsp3) is 0.636. The van der Waals surface area contributed by atoms with E-state index in [4.69, 9.17) is 29.0 Å². The van der Waals surface area contributed by atoms with Crippen molar-refractivity contribution in [1.29, 1.82) is 0 Å². The molecule has 0 spiro atoms. The monoisotopic (exact) mass is 1200 g/mol. The first-order chi connectivity index (χ1) is 39.7. The van der Waals surface area contributed by atoms with Crippen LogP contribution in [0, 0.1) is 23.7 Å². The van der Waals surface area contributed by atoms with Gasteiger partial charge in [-0.3, -0.25) is 0 Å². The van der Waals surface area contributed by atoms with Gasteiger partial charge in [-0.15, -0.1) is 10.9 Å². The first-order valence-corrected chi connectivity index (χ1v) is 31.8. The molecule has 0 saturated heterocycles. The van der Waals surface area contributed by atoms with Gasteiger partial charge in [0.25, 0.3) is 0 Å². The maximum atomic E-state index is 13.2. The zero-order valence-corrected chi connectivity index (χ0v) is 57.7. The summed E-state index contributed by atoms with van der Waals surface area (Å²) in [6, 6.07) is 22.9. The molecule has 4 aromatic rings. The Balaban J connectivity index is 0.000000560. The van der Waals surface area contributed by atoms with Gasteiger partial charge in [-0.05, 0) is 93.9 Å². The van der Waals surface area contributed by atoms with Crippen molar-refractivity contribution in [2.45, 2.75) is 195 Å². The summed E-state index contributed by atoms with van der Waals surface area (Å²) in [5, 5.41) is 92.7. The van der Waals surface area contributed by atoms with Gasteiger partial charge in [0.2, 0.25) is 14.2 Å². The zero-order valence-electron chi connectivity index (χ0n) is 53.4. The molecule has 6 rings (SSSR count). The van der Waals surface area contributed by atoms with E-state index in [1.807, 2.05) is 60.7 Å². The van der Waals surface area contributed by atoms with E-state index in [1.54, 1.807) is 12.1 Å². The Morgan fingerprint density at radius 3 is 0.871 bits per heavy atom. The third kappa shape index (κ3) is 22.1. The van der Waals surface area contributed by atoms with E-state index in [-0.39, 0.29) is 144 Å². The maximum absolute atomic E-state index is 13.2. The van der Waals surface area contributed by atoms with Gasteiger partial charge < -0.3 is 59.1 Å². The molecule has 0 saturated carbocycles. The molecule has 0 fully saturated rings. The molecule has 4 atom stereocenters. The Morgan fingerprint density at radius 2 is 0.635 bits per heavy atom. The molecule has 452 valence electrons. The molecule has 0 bridgehead atoms. The summed E-state index contributed by atoms with van der Waals surface area (Å²) >= 11 is 0. The summed E-state index contributed by atoms with van der Waals surface area (Å²) in [6.45, 7) is 19.1. The molecule has 0 aromatic heterocycles. The number of unbranched alkanes of at least 4 members (excludes halogenated alkanes) is 4. The van der Waals surface area contributed by atoms with Crippen LogP contribution in [0.3, 0.4) is 0 Å². The van der Waals surface area contributed by atoms with Crippen molar-refractivity contribution in [2.24, 2.45) is 23.7 Å². The van der Waals surface area contributed by atoms with Crippen molar-refractivity contribution < 1.29 is 59.1 Å². The second-order valence-corrected chi connectivity index (χ2v) is 23.6. The summed E-state index contributed by atoms with van der Waals surface area (Å²) < 4.78 is 21.7. The van der Waals surface area contributed by atoms with Crippen LogP contribution in [0.25, 0.3) is 22.3 Å². The van der Waals surface area contributed by atoms with Gasteiger partial charge in [0.1, 0.15) is 0 Å². The van der Waals surface area contributed by atoms with Gasteiger partial charge in [0, 0.05) is 10.8 Å². The molecule has 4 aromatic carbocycles. The molecule has 0 heterocycles. The van der Waals surface area contributed by atoms with E-state index in [9.17, 15) is 30.1 Å². The molecule has 12 nitrogen and oxygen atoms in total. The Morgan fingerprint density at radius 1 is 0.376 bits per heavy atom. The van der Waals surface area contributed by atoms with Crippen LogP contribution < -0.4 is 52.0 Å². The van der Waals surface area contributed by atoms with E-state index in [1.165, 1.54) is 25.7 Å². The van der Waals surface area contributed by atoms with Crippen LogP contribution in [-0.4, -0.2) is 161 Å². The van der Waals surface area contributed by atoms with Crippen LogP contribution in [0.15, 0.2) is 72.8 Å². The number of fused-ring (bicyclic) bond motifs is 6. The minimum atomic E-state index is -2.03. The molecule has 0 amide bonds. The largest absolute Gasteiger partial charge is 2.00 e. The predicted molar refractivity (Wildman–Crippen MR) is 344 cm³/mol. The molecule has 2 N–H and O–H groups in total. The standard InChI is InChI=1S/2C33H49B2O6.3Mg/c2*1-5-9-11-25(7-3)23-33(24-26(8-4)12-10-6-2)31-21-27(34(37)38)13-15-29(31)30-16-14-28(22-32(30)33)35(39)41-20-19-40-18-17-36;;;/h2*13-16,21-22,25-26,36H,5-12,17-20,23-24H2,1-4H3;;;/q2*-3;3*+2. The van der Waals surface area contributed by atoms with Crippen LogP contribution in [0.4, 0.5) is 0 Å². The Labute approximate surface area is 562 Å².